The van der Waals surface area contributed by atoms with Crippen molar-refractivity contribution in [2.75, 3.05) is 39.8 Å². The lowest BCUT2D eigenvalue weighted by Crippen LogP contribution is -2.48. The predicted octanol–water partition coefficient (Wildman–Crippen LogP) is 4.64. The summed E-state index contributed by atoms with van der Waals surface area (Å²) in [5.41, 5.74) is 3.42. The number of nitrogens with zero attached hydrogens (tertiary/aromatic N) is 3. The average Bonchev–Trinajstić information content (AvgIpc) is 2.54. The summed E-state index contributed by atoms with van der Waals surface area (Å²) in [4.78, 5) is 7.65. The van der Waals surface area contributed by atoms with E-state index in [0.717, 1.165) is 6.54 Å². The fourth-order valence-electron chi connectivity index (χ4n) is 3.74. The monoisotopic (exact) mass is 359 g/mol. The summed E-state index contributed by atoms with van der Waals surface area (Å²) in [5.74, 6) is 0. The van der Waals surface area contributed by atoms with Crippen molar-refractivity contribution >= 4 is 0 Å². The highest BCUT2D eigenvalue weighted by Gasteiger charge is 2.24. The molecular formula is C23H41N3. The summed E-state index contributed by atoms with van der Waals surface area (Å²) in [6.07, 6.45) is 0. The molecule has 3 heteroatoms. The Hall–Kier alpha value is -0.900. The lowest BCUT2D eigenvalue weighted by Gasteiger charge is -2.38. The molecule has 1 aromatic carbocycles. The van der Waals surface area contributed by atoms with Crippen molar-refractivity contribution in [2.45, 2.75) is 66.6 Å². The molecule has 0 radical (unpaired) electrons. The van der Waals surface area contributed by atoms with E-state index in [1.54, 1.807) is 0 Å². The smallest absolute Gasteiger partial charge is 0.0322 e. The summed E-state index contributed by atoms with van der Waals surface area (Å²) in [5, 5.41) is 0. The van der Waals surface area contributed by atoms with Gasteiger partial charge in [-0.25, -0.2) is 0 Å². The van der Waals surface area contributed by atoms with Gasteiger partial charge in [0, 0.05) is 50.8 Å². The third-order valence-corrected chi connectivity index (χ3v) is 5.67. The molecule has 0 saturated carbocycles. The molecule has 0 aromatic heterocycles. The molecule has 1 aliphatic rings. The van der Waals surface area contributed by atoms with Crippen LogP contribution in [0.25, 0.3) is 0 Å². The molecule has 0 amide bonds. The lowest BCUT2D eigenvalue weighted by atomic mass is 9.96. The van der Waals surface area contributed by atoms with Gasteiger partial charge in [0.05, 0.1) is 0 Å². The van der Waals surface area contributed by atoms with E-state index in [0.29, 0.717) is 11.5 Å². The van der Waals surface area contributed by atoms with E-state index in [-0.39, 0.29) is 5.54 Å². The molecule has 1 aliphatic heterocycles. The third kappa shape index (κ3) is 6.37. The van der Waals surface area contributed by atoms with Gasteiger partial charge < -0.3 is 4.90 Å². The fourth-order valence-corrected chi connectivity index (χ4v) is 3.74. The van der Waals surface area contributed by atoms with Gasteiger partial charge in [0.15, 0.2) is 0 Å². The van der Waals surface area contributed by atoms with E-state index in [1.165, 1.54) is 43.9 Å². The first-order valence-electron chi connectivity index (χ1n) is 10.2. The minimum atomic E-state index is 0.185. The molecule has 1 unspecified atom stereocenters. The van der Waals surface area contributed by atoms with Crippen LogP contribution in [0, 0.1) is 5.41 Å². The normalized spacial score (nSPS) is 19.1. The highest BCUT2D eigenvalue weighted by atomic mass is 15.3. The highest BCUT2D eigenvalue weighted by Crippen LogP contribution is 2.26. The van der Waals surface area contributed by atoms with E-state index < -0.39 is 0 Å². The summed E-state index contributed by atoms with van der Waals surface area (Å²) < 4.78 is 0. The molecule has 2 rings (SSSR count). The molecule has 148 valence electrons. The summed E-state index contributed by atoms with van der Waals surface area (Å²) >= 11 is 0. The zero-order chi connectivity index (χ0) is 19.5. The van der Waals surface area contributed by atoms with Gasteiger partial charge in [-0.05, 0) is 51.3 Å². The molecule has 1 saturated heterocycles. The molecule has 0 N–H and O–H groups in total. The highest BCUT2D eigenvalue weighted by molar-refractivity contribution is 5.25. The third-order valence-electron chi connectivity index (χ3n) is 5.67. The molecule has 0 aliphatic carbocycles. The Kier molecular flexibility index (Phi) is 6.92. The van der Waals surface area contributed by atoms with E-state index in [1.807, 2.05) is 0 Å². The minimum absolute atomic E-state index is 0.185. The SMILES string of the molecule is CC(c1ccc(CN2CCN(CC(C)(C)C)CC2)cc1)N(C)C(C)(C)C. The Morgan fingerprint density at radius 3 is 1.85 bits per heavy atom. The molecule has 1 heterocycles. The summed E-state index contributed by atoms with van der Waals surface area (Å²) in [6, 6.07) is 9.72. The Bertz CT molecular complexity index is 542. The van der Waals surface area contributed by atoms with Crippen LogP contribution in [0.4, 0.5) is 0 Å². The van der Waals surface area contributed by atoms with Gasteiger partial charge in [-0.1, -0.05) is 45.0 Å². The van der Waals surface area contributed by atoms with E-state index in [2.05, 4.69) is 94.5 Å². The minimum Gasteiger partial charge on any atom is -0.300 e. The van der Waals surface area contributed by atoms with E-state index in [9.17, 15) is 0 Å². The number of hydrogen-bond acceptors (Lipinski definition) is 3. The van der Waals surface area contributed by atoms with Crippen molar-refractivity contribution in [3.05, 3.63) is 35.4 Å². The van der Waals surface area contributed by atoms with Crippen LogP contribution in [0.15, 0.2) is 24.3 Å². The van der Waals surface area contributed by atoms with Crippen molar-refractivity contribution in [1.82, 2.24) is 14.7 Å². The van der Waals surface area contributed by atoms with Gasteiger partial charge in [0.25, 0.3) is 0 Å². The second-order valence-electron chi connectivity index (χ2n) is 10.3. The summed E-state index contributed by atoms with van der Waals surface area (Å²) in [7, 11) is 2.22. The van der Waals surface area contributed by atoms with Crippen LogP contribution in [0.5, 0.6) is 0 Å². The molecule has 0 bridgehead atoms. The van der Waals surface area contributed by atoms with Gasteiger partial charge in [-0.15, -0.1) is 0 Å². The Labute approximate surface area is 162 Å². The van der Waals surface area contributed by atoms with Crippen LogP contribution in [0.1, 0.15) is 65.6 Å². The largest absolute Gasteiger partial charge is 0.300 e. The standard InChI is InChI=1S/C23H41N3/c1-19(24(8)23(5,6)7)21-11-9-20(10-12-21)17-25-13-15-26(16-14-25)18-22(2,3)4/h9-12,19H,13-18H2,1-8H3. The van der Waals surface area contributed by atoms with E-state index in [4.69, 9.17) is 0 Å². The topological polar surface area (TPSA) is 9.72 Å². The maximum atomic E-state index is 2.61. The van der Waals surface area contributed by atoms with Gasteiger partial charge >= 0.3 is 0 Å². The van der Waals surface area contributed by atoms with Crippen LogP contribution in [0.3, 0.4) is 0 Å². The van der Waals surface area contributed by atoms with Crippen LogP contribution >= 0.6 is 0 Å². The zero-order valence-corrected chi connectivity index (χ0v) is 18.5. The van der Waals surface area contributed by atoms with Crippen LogP contribution < -0.4 is 0 Å². The molecule has 1 aromatic rings. The molecule has 0 spiro atoms. The quantitative estimate of drug-likeness (QED) is 0.758. The van der Waals surface area contributed by atoms with Crippen LogP contribution in [0.2, 0.25) is 0 Å². The van der Waals surface area contributed by atoms with Crippen molar-refractivity contribution in [3.63, 3.8) is 0 Å². The average molecular weight is 360 g/mol. The molecule has 3 nitrogen and oxygen atoms in total. The fraction of sp³-hybridized carbons (Fsp3) is 0.739. The van der Waals surface area contributed by atoms with Gasteiger partial charge in [0.2, 0.25) is 0 Å². The molecular weight excluding hydrogens is 318 g/mol. The maximum absolute atomic E-state index is 2.61. The van der Waals surface area contributed by atoms with Crippen molar-refractivity contribution in [3.8, 4) is 0 Å². The summed E-state index contributed by atoms with van der Waals surface area (Å²) in [6.45, 7) is 23.2. The van der Waals surface area contributed by atoms with Crippen molar-refractivity contribution in [1.29, 1.82) is 0 Å². The van der Waals surface area contributed by atoms with E-state index >= 15 is 0 Å². The van der Waals surface area contributed by atoms with Gasteiger partial charge in [-0.2, -0.15) is 0 Å². The molecule has 1 atom stereocenters. The first-order valence-corrected chi connectivity index (χ1v) is 10.2. The van der Waals surface area contributed by atoms with Crippen molar-refractivity contribution < 1.29 is 0 Å². The second-order valence-corrected chi connectivity index (χ2v) is 10.3. The van der Waals surface area contributed by atoms with Crippen molar-refractivity contribution in [2.24, 2.45) is 5.41 Å². The second kappa shape index (κ2) is 8.41. The Morgan fingerprint density at radius 2 is 1.38 bits per heavy atom. The van der Waals surface area contributed by atoms with Gasteiger partial charge in [0.1, 0.15) is 0 Å². The number of hydrogen-bond donors (Lipinski definition) is 0. The molecule has 26 heavy (non-hydrogen) atoms. The predicted molar refractivity (Wildman–Crippen MR) is 114 cm³/mol. The maximum Gasteiger partial charge on any atom is 0.0322 e. The molecule has 1 fully saturated rings. The number of rotatable bonds is 5. The van der Waals surface area contributed by atoms with Crippen LogP contribution in [-0.2, 0) is 6.54 Å². The first-order chi connectivity index (χ1) is 12.0. The Balaban J connectivity index is 1.87. The Morgan fingerprint density at radius 1 is 0.885 bits per heavy atom. The number of piperazine rings is 1. The lowest BCUT2D eigenvalue weighted by molar-refractivity contribution is 0.0983. The number of benzene rings is 1. The van der Waals surface area contributed by atoms with Gasteiger partial charge in [-0.3, -0.25) is 9.80 Å². The zero-order valence-electron chi connectivity index (χ0n) is 18.5. The van der Waals surface area contributed by atoms with Crippen LogP contribution in [-0.4, -0.2) is 60.0 Å². The first kappa shape index (κ1) is 21.4.